The Morgan fingerprint density at radius 3 is 2.89 bits per heavy atom. The molecule has 1 saturated heterocycles. The first-order chi connectivity index (χ1) is 8.75. The normalized spacial score (nSPS) is 22.1. The van der Waals surface area contributed by atoms with Crippen LogP contribution < -0.4 is 5.32 Å². The predicted octanol–water partition coefficient (Wildman–Crippen LogP) is 1.92. The predicted molar refractivity (Wildman–Crippen MR) is 67.4 cm³/mol. The lowest BCUT2D eigenvalue weighted by molar-refractivity contribution is -0.144. The Balaban J connectivity index is 1.51. The topological polar surface area (TPSA) is 56.3 Å². The van der Waals surface area contributed by atoms with Crippen molar-refractivity contribution in [1.29, 1.82) is 0 Å². The fourth-order valence-corrected chi connectivity index (χ4v) is 2.13. The van der Waals surface area contributed by atoms with Crippen molar-refractivity contribution in [2.45, 2.75) is 37.9 Å². The number of hydrogen-bond acceptors (Lipinski definition) is 5. The summed E-state index contributed by atoms with van der Waals surface area (Å²) in [5, 5.41) is 3.31. The third-order valence-corrected chi connectivity index (χ3v) is 3.40. The highest BCUT2D eigenvalue weighted by Crippen LogP contribution is 2.38. The Bertz CT molecular complexity index is 414. The SMILES string of the molecule is CC1(CCNc2ccnc(C3CC3)n2)OCCO1. The fourth-order valence-electron chi connectivity index (χ4n) is 2.13. The van der Waals surface area contributed by atoms with Crippen LogP contribution in [0.1, 0.15) is 37.9 Å². The standard InChI is InChI=1S/C13H19N3O2/c1-13(17-8-9-18-13)5-7-14-11-4-6-15-12(16-11)10-2-3-10/h4,6,10H,2-3,5,7-9H2,1H3,(H,14,15,16). The van der Waals surface area contributed by atoms with Gasteiger partial charge in [0.25, 0.3) is 0 Å². The molecular formula is C13H19N3O2. The molecule has 0 aromatic carbocycles. The monoisotopic (exact) mass is 249 g/mol. The second kappa shape index (κ2) is 4.82. The molecule has 0 bridgehead atoms. The molecule has 1 aromatic rings. The van der Waals surface area contributed by atoms with Crippen molar-refractivity contribution < 1.29 is 9.47 Å². The lowest BCUT2D eigenvalue weighted by Gasteiger charge is -2.22. The molecule has 2 aliphatic rings. The number of hydrogen-bond donors (Lipinski definition) is 1. The second-order valence-corrected chi connectivity index (χ2v) is 5.08. The highest BCUT2D eigenvalue weighted by Gasteiger charge is 2.30. The van der Waals surface area contributed by atoms with Crippen LogP contribution >= 0.6 is 0 Å². The zero-order chi connectivity index (χ0) is 12.4. The average Bonchev–Trinajstić information content (AvgIpc) is 3.14. The maximum absolute atomic E-state index is 5.56. The number of anilines is 1. The zero-order valence-electron chi connectivity index (χ0n) is 10.7. The first-order valence-corrected chi connectivity index (χ1v) is 6.60. The van der Waals surface area contributed by atoms with E-state index in [0.29, 0.717) is 19.1 Å². The summed E-state index contributed by atoms with van der Waals surface area (Å²) in [5.41, 5.74) is 0. The molecule has 2 heterocycles. The Labute approximate surface area is 107 Å². The van der Waals surface area contributed by atoms with Crippen LogP contribution in [0.15, 0.2) is 12.3 Å². The van der Waals surface area contributed by atoms with E-state index in [9.17, 15) is 0 Å². The van der Waals surface area contributed by atoms with E-state index < -0.39 is 5.79 Å². The summed E-state index contributed by atoms with van der Waals surface area (Å²) in [6, 6.07) is 1.91. The molecule has 1 aliphatic carbocycles. The Morgan fingerprint density at radius 2 is 2.17 bits per heavy atom. The van der Waals surface area contributed by atoms with E-state index in [1.54, 1.807) is 0 Å². The van der Waals surface area contributed by atoms with E-state index in [1.165, 1.54) is 12.8 Å². The summed E-state index contributed by atoms with van der Waals surface area (Å²) in [4.78, 5) is 8.82. The third-order valence-electron chi connectivity index (χ3n) is 3.40. The summed E-state index contributed by atoms with van der Waals surface area (Å²) in [6.07, 6.45) is 5.09. The molecule has 2 fully saturated rings. The molecule has 3 rings (SSSR count). The summed E-state index contributed by atoms with van der Waals surface area (Å²) in [5.74, 6) is 2.03. The van der Waals surface area contributed by atoms with E-state index in [0.717, 1.165) is 24.6 Å². The van der Waals surface area contributed by atoms with Gasteiger partial charge in [0.1, 0.15) is 11.6 Å². The lowest BCUT2D eigenvalue weighted by Crippen LogP contribution is -2.28. The maximum Gasteiger partial charge on any atom is 0.167 e. The van der Waals surface area contributed by atoms with Crippen molar-refractivity contribution in [1.82, 2.24) is 9.97 Å². The first-order valence-electron chi connectivity index (χ1n) is 6.60. The van der Waals surface area contributed by atoms with Crippen LogP contribution in [0.3, 0.4) is 0 Å². The van der Waals surface area contributed by atoms with Crippen LogP contribution in [-0.2, 0) is 9.47 Å². The molecule has 0 radical (unpaired) electrons. The van der Waals surface area contributed by atoms with Crippen molar-refractivity contribution in [3.8, 4) is 0 Å². The van der Waals surface area contributed by atoms with Gasteiger partial charge in [-0.3, -0.25) is 0 Å². The largest absolute Gasteiger partial charge is 0.370 e. The van der Waals surface area contributed by atoms with Gasteiger partial charge in [0, 0.05) is 25.1 Å². The van der Waals surface area contributed by atoms with E-state index in [-0.39, 0.29) is 0 Å². The minimum absolute atomic E-state index is 0.431. The Hall–Kier alpha value is -1.20. The minimum atomic E-state index is -0.431. The van der Waals surface area contributed by atoms with E-state index >= 15 is 0 Å². The van der Waals surface area contributed by atoms with Crippen LogP contribution in [0.5, 0.6) is 0 Å². The van der Waals surface area contributed by atoms with Gasteiger partial charge in [0.2, 0.25) is 0 Å². The Morgan fingerprint density at radius 1 is 1.39 bits per heavy atom. The molecule has 1 aromatic heterocycles. The van der Waals surface area contributed by atoms with Gasteiger partial charge in [0.05, 0.1) is 13.2 Å². The molecule has 18 heavy (non-hydrogen) atoms. The summed E-state index contributed by atoms with van der Waals surface area (Å²) < 4.78 is 11.1. The highest BCUT2D eigenvalue weighted by molar-refractivity contribution is 5.33. The van der Waals surface area contributed by atoms with E-state index in [2.05, 4.69) is 15.3 Å². The van der Waals surface area contributed by atoms with Crippen molar-refractivity contribution >= 4 is 5.82 Å². The molecule has 1 aliphatic heterocycles. The van der Waals surface area contributed by atoms with Gasteiger partial charge in [-0.15, -0.1) is 0 Å². The highest BCUT2D eigenvalue weighted by atomic mass is 16.7. The number of rotatable bonds is 5. The van der Waals surface area contributed by atoms with Crippen LogP contribution in [0.2, 0.25) is 0 Å². The molecule has 1 N–H and O–H groups in total. The molecule has 5 heteroatoms. The smallest absolute Gasteiger partial charge is 0.167 e. The van der Waals surface area contributed by atoms with E-state index in [4.69, 9.17) is 9.47 Å². The van der Waals surface area contributed by atoms with Gasteiger partial charge < -0.3 is 14.8 Å². The fraction of sp³-hybridized carbons (Fsp3) is 0.692. The molecule has 0 unspecified atom stereocenters. The molecule has 5 nitrogen and oxygen atoms in total. The van der Waals surface area contributed by atoms with Crippen molar-refractivity contribution in [2.75, 3.05) is 25.1 Å². The van der Waals surface area contributed by atoms with E-state index in [1.807, 2.05) is 19.2 Å². The Kier molecular flexibility index (Phi) is 3.18. The second-order valence-electron chi connectivity index (χ2n) is 5.08. The number of aromatic nitrogens is 2. The van der Waals surface area contributed by atoms with Gasteiger partial charge >= 0.3 is 0 Å². The molecule has 0 spiro atoms. The number of nitrogens with one attached hydrogen (secondary N) is 1. The van der Waals surface area contributed by atoms with Gasteiger partial charge in [-0.1, -0.05) is 0 Å². The minimum Gasteiger partial charge on any atom is -0.370 e. The van der Waals surface area contributed by atoms with Crippen molar-refractivity contribution in [3.05, 3.63) is 18.1 Å². The molecule has 1 saturated carbocycles. The molecular weight excluding hydrogens is 230 g/mol. The van der Waals surface area contributed by atoms with Crippen molar-refractivity contribution in [2.24, 2.45) is 0 Å². The first kappa shape index (κ1) is 11.9. The zero-order valence-corrected chi connectivity index (χ0v) is 10.7. The van der Waals surface area contributed by atoms with Gasteiger partial charge in [-0.25, -0.2) is 9.97 Å². The van der Waals surface area contributed by atoms with Crippen LogP contribution in [0, 0.1) is 0 Å². The summed E-state index contributed by atoms with van der Waals surface area (Å²) >= 11 is 0. The molecule has 0 amide bonds. The average molecular weight is 249 g/mol. The lowest BCUT2D eigenvalue weighted by atomic mass is 10.2. The third kappa shape index (κ3) is 2.79. The van der Waals surface area contributed by atoms with Gasteiger partial charge in [0.15, 0.2) is 5.79 Å². The number of ether oxygens (including phenoxy) is 2. The maximum atomic E-state index is 5.56. The molecule has 98 valence electrons. The van der Waals surface area contributed by atoms with Crippen molar-refractivity contribution in [3.63, 3.8) is 0 Å². The number of nitrogens with zero attached hydrogens (tertiary/aromatic N) is 2. The van der Waals surface area contributed by atoms with Gasteiger partial charge in [-0.2, -0.15) is 0 Å². The van der Waals surface area contributed by atoms with Crippen LogP contribution in [0.25, 0.3) is 0 Å². The summed E-state index contributed by atoms with van der Waals surface area (Å²) in [7, 11) is 0. The van der Waals surface area contributed by atoms with Crippen LogP contribution in [0.4, 0.5) is 5.82 Å². The summed E-state index contributed by atoms with van der Waals surface area (Å²) in [6.45, 7) is 4.15. The quantitative estimate of drug-likeness (QED) is 0.864. The van der Waals surface area contributed by atoms with Gasteiger partial charge in [-0.05, 0) is 25.8 Å². The molecule has 0 atom stereocenters. The van der Waals surface area contributed by atoms with Crippen LogP contribution in [-0.4, -0.2) is 35.5 Å².